The molecule has 1 aromatic heterocycles. The molecule has 16 heavy (non-hydrogen) atoms. The van der Waals surface area contributed by atoms with Crippen molar-refractivity contribution in [1.82, 2.24) is 10.3 Å². The van der Waals surface area contributed by atoms with Gasteiger partial charge in [-0.15, -0.1) is 0 Å². The molecule has 0 aliphatic carbocycles. The summed E-state index contributed by atoms with van der Waals surface area (Å²) in [6.45, 7) is 0. The molecule has 1 aliphatic heterocycles. The van der Waals surface area contributed by atoms with E-state index in [1.165, 1.54) is 6.20 Å². The molecule has 0 saturated carbocycles. The lowest BCUT2D eigenvalue weighted by molar-refractivity contribution is -0.117. The van der Waals surface area contributed by atoms with Gasteiger partial charge in [0.1, 0.15) is 6.04 Å². The van der Waals surface area contributed by atoms with Gasteiger partial charge in [-0.1, -0.05) is 23.4 Å². The third-order valence-electron chi connectivity index (χ3n) is 2.01. The van der Waals surface area contributed by atoms with Crippen LogP contribution in [-0.4, -0.2) is 27.9 Å². The van der Waals surface area contributed by atoms with E-state index in [1.54, 1.807) is 12.1 Å². The van der Waals surface area contributed by atoms with Crippen molar-refractivity contribution in [2.45, 2.75) is 6.04 Å². The highest BCUT2D eigenvalue weighted by Gasteiger charge is 2.28. The zero-order valence-electron chi connectivity index (χ0n) is 8.07. The molecule has 84 valence electrons. The molecular formula is C9H8ClN3O2S. The molecule has 2 amide bonds. The lowest BCUT2D eigenvalue weighted by Gasteiger charge is -2.10. The summed E-state index contributed by atoms with van der Waals surface area (Å²) in [5, 5.41) is 5.20. The predicted octanol–water partition coefficient (Wildman–Crippen LogP) is 1.50. The number of amides is 2. The predicted molar refractivity (Wildman–Crippen MR) is 62.7 cm³/mol. The molecule has 2 N–H and O–H groups in total. The first-order valence-corrected chi connectivity index (χ1v) is 5.88. The molecular weight excluding hydrogens is 250 g/mol. The van der Waals surface area contributed by atoms with Crippen molar-refractivity contribution in [1.29, 1.82) is 0 Å². The highest BCUT2D eigenvalue weighted by Crippen LogP contribution is 2.19. The standard InChI is InChI=1S/C9H8ClN3O2S/c10-7-5(2-1-3-11-7)12-8(14)6-4-16-9(15)13-6/h1-3,6H,4H2,(H,12,14)(H,13,15). The summed E-state index contributed by atoms with van der Waals surface area (Å²) in [4.78, 5) is 26.4. The van der Waals surface area contributed by atoms with Crippen molar-refractivity contribution in [3.05, 3.63) is 23.5 Å². The molecule has 5 nitrogen and oxygen atoms in total. The van der Waals surface area contributed by atoms with Gasteiger partial charge in [-0.2, -0.15) is 0 Å². The monoisotopic (exact) mass is 257 g/mol. The number of aromatic nitrogens is 1. The number of hydrogen-bond donors (Lipinski definition) is 2. The Morgan fingerprint density at radius 3 is 3.12 bits per heavy atom. The van der Waals surface area contributed by atoms with Crippen LogP contribution in [0.5, 0.6) is 0 Å². The van der Waals surface area contributed by atoms with Gasteiger partial charge in [0.25, 0.3) is 5.24 Å². The normalized spacial score (nSPS) is 19.3. The average Bonchev–Trinajstić information content (AvgIpc) is 2.68. The molecule has 0 bridgehead atoms. The van der Waals surface area contributed by atoms with Crippen LogP contribution >= 0.6 is 23.4 Å². The van der Waals surface area contributed by atoms with Gasteiger partial charge in [-0.3, -0.25) is 9.59 Å². The van der Waals surface area contributed by atoms with Gasteiger partial charge in [0, 0.05) is 11.9 Å². The van der Waals surface area contributed by atoms with Crippen LogP contribution in [0, 0.1) is 0 Å². The lowest BCUT2D eigenvalue weighted by Crippen LogP contribution is -2.38. The molecule has 2 heterocycles. The lowest BCUT2D eigenvalue weighted by atomic mass is 10.3. The molecule has 0 radical (unpaired) electrons. The summed E-state index contributed by atoms with van der Waals surface area (Å²) in [5.74, 6) is 0.149. The van der Waals surface area contributed by atoms with Crippen LogP contribution in [0.3, 0.4) is 0 Å². The van der Waals surface area contributed by atoms with E-state index in [1.807, 2.05) is 0 Å². The van der Waals surface area contributed by atoms with E-state index in [2.05, 4.69) is 15.6 Å². The average molecular weight is 258 g/mol. The summed E-state index contributed by atoms with van der Waals surface area (Å²) < 4.78 is 0. The molecule has 0 aromatic carbocycles. The minimum Gasteiger partial charge on any atom is -0.334 e. The molecule has 1 aromatic rings. The maximum Gasteiger partial charge on any atom is 0.279 e. The summed E-state index contributed by atoms with van der Waals surface area (Å²) >= 11 is 6.87. The Morgan fingerprint density at radius 1 is 1.69 bits per heavy atom. The van der Waals surface area contributed by atoms with Crippen molar-refractivity contribution in [3.63, 3.8) is 0 Å². The SMILES string of the molecule is O=C1NC(C(=O)Nc2cccnc2Cl)CS1. The van der Waals surface area contributed by atoms with Crippen LogP contribution in [0.25, 0.3) is 0 Å². The van der Waals surface area contributed by atoms with Gasteiger partial charge >= 0.3 is 0 Å². The van der Waals surface area contributed by atoms with Crippen molar-refractivity contribution >= 4 is 40.2 Å². The quantitative estimate of drug-likeness (QED) is 0.788. The first kappa shape index (κ1) is 11.2. The van der Waals surface area contributed by atoms with E-state index >= 15 is 0 Å². The molecule has 7 heteroatoms. The number of carbonyl (C=O) groups excluding carboxylic acids is 2. The Bertz CT molecular complexity index is 441. The Hall–Kier alpha value is -1.27. The Morgan fingerprint density at radius 2 is 2.50 bits per heavy atom. The zero-order valence-corrected chi connectivity index (χ0v) is 9.64. The number of halogens is 1. The number of nitrogens with one attached hydrogen (secondary N) is 2. The number of rotatable bonds is 2. The zero-order chi connectivity index (χ0) is 11.5. The van der Waals surface area contributed by atoms with E-state index in [9.17, 15) is 9.59 Å². The fourth-order valence-corrected chi connectivity index (χ4v) is 2.17. The maximum atomic E-state index is 11.7. The maximum absolute atomic E-state index is 11.7. The van der Waals surface area contributed by atoms with Crippen LogP contribution in [-0.2, 0) is 4.79 Å². The number of pyridine rings is 1. The van der Waals surface area contributed by atoms with Crippen LogP contribution in [0.4, 0.5) is 10.5 Å². The van der Waals surface area contributed by atoms with Gasteiger partial charge in [-0.25, -0.2) is 4.98 Å². The second kappa shape index (κ2) is 4.71. The van der Waals surface area contributed by atoms with Crippen molar-refractivity contribution < 1.29 is 9.59 Å². The number of hydrogen-bond acceptors (Lipinski definition) is 4. The molecule has 1 fully saturated rings. The third-order valence-corrected chi connectivity index (χ3v) is 3.19. The van der Waals surface area contributed by atoms with Gasteiger partial charge in [0.15, 0.2) is 5.15 Å². The van der Waals surface area contributed by atoms with Crippen LogP contribution < -0.4 is 10.6 Å². The first-order valence-electron chi connectivity index (χ1n) is 4.51. The van der Waals surface area contributed by atoms with Gasteiger partial charge in [0.05, 0.1) is 5.69 Å². The smallest absolute Gasteiger partial charge is 0.279 e. The van der Waals surface area contributed by atoms with Crippen LogP contribution in [0.1, 0.15) is 0 Å². The van der Waals surface area contributed by atoms with Gasteiger partial charge < -0.3 is 10.6 Å². The van der Waals surface area contributed by atoms with Crippen LogP contribution in [0.15, 0.2) is 18.3 Å². The number of anilines is 1. The minimum absolute atomic E-state index is 0.183. The largest absolute Gasteiger partial charge is 0.334 e. The molecule has 1 aliphatic rings. The summed E-state index contributed by atoms with van der Waals surface area (Å²) in [7, 11) is 0. The second-order valence-corrected chi connectivity index (χ2v) is 4.48. The Balaban J connectivity index is 2.03. The molecule has 1 atom stereocenters. The van der Waals surface area contributed by atoms with Crippen LogP contribution in [0.2, 0.25) is 5.15 Å². The van der Waals surface area contributed by atoms with Crippen molar-refractivity contribution in [2.24, 2.45) is 0 Å². The van der Waals surface area contributed by atoms with E-state index in [4.69, 9.17) is 11.6 Å². The molecule has 1 unspecified atom stereocenters. The van der Waals surface area contributed by atoms with Gasteiger partial charge in [0.2, 0.25) is 5.91 Å². The Kier molecular flexibility index (Phi) is 3.31. The first-order chi connectivity index (χ1) is 7.66. The summed E-state index contributed by atoms with van der Waals surface area (Å²) in [5.41, 5.74) is 0.445. The summed E-state index contributed by atoms with van der Waals surface area (Å²) in [6, 6.07) is 2.81. The fraction of sp³-hybridized carbons (Fsp3) is 0.222. The van der Waals surface area contributed by atoms with E-state index in [0.717, 1.165) is 11.8 Å². The third kappa shape index (κ3) is 2.45. The second-order valence-electron chi connectivity index (χ2n) is 3.13. The molecule has 0 spiro atoms. The molecule has 2 rings (SSSR count). The minimum atomic E-state index is -0.506. The number of thioether (sulfide) groups is 1. The number of nitrogens with zero attached hydrogens (tertiary/aromatic N) is 1. The number of carbonyl (C=O) groups is 2. The highest BCUT2D eigenvalue weighted by molar-refractivity contribution is 8.14. The summed E-state index contributed by atoms with van der Waals surface area (Å²) in [6.07, 6.45) is 1.53. The highest BCUT2D eigenvalue weighted by atomic mass is 35.5. The molecule has 1 saturated heterocycles. The van der Waals surface area contributed by atoms with Crippen molar-refractivity contribution in [2.75, 3.05) is 11.1 Å². The van der Waals surface area contributed by atoms with E-state index < -0.39 is 6.04 Å². The van der Waals surface area contributed by atoms with E-state index in [-0.39, 0.29) is 16.3 Å². The Labute approximate surface area is 101 Å². The topological polar surface area (TPSA) is 71.1 Å². The van der Waals surface area contributed by atoms with E-state index in [0.29, 0.717) is 11.4 Å². The van der Waals surface area contributed by atoms with Crippen molar-refractivity contribution in [3.8, 4) is 0 Å². The van der Waals surface area contributed by atoms with Gasteiger partial charge in [-0.05, 0) is 12.1 Å². The fourth-order valence-electron chi connectivity index (χ4n) is 1.22.